The first-order valence-electron chi connectivity index (χ1n) is 8.06. The molecule has 0 saturated carbocycles. The van der Waals surface area contributed by atoms with Gasteiger partial charge < -0.3 is 5.73 Å². The van der Waals surface area contributed by atoms with E-state index in [0.29, 0.717) is 18.5 Å². The molecular weight excluding hydrogens is 294 g/mol. The second-order valence-corrected chi connectivity index (χ2v) is 5.91. The summed E-state index contributed by atoms with van der Waals surface area (Å²) in [5.74, 6) is 6.18. The van der Waals surface area contributed by atoms with Crippen LogP contribution in [0.25, 0.3) is 5.57 Å². The van der Waals surface area contributed by atoms with Crippen LogP contribution in [0.3, 0.4) is 0 Å². The smallest absolute Gasteiger partial charge is 0.133 e. The molecule has 0 heterocycles. The fourth-order valence-corrected chi connectivity index (χ4v) is 2.86. The molecule has 1 aromatic carbocycles. The highest BCUT2D eigenvalue weighted by Gasteiger charge is 2.17. The number of hydrogen-bond acceptors (Lipinski definition) is 2. The van der Waals surface area contributed by atoms with Gasteiger partial charge in [-0.25, -0.2) is 0 Å². The van der Waals surface area contributed by atoms with E-state index < -0.39 is 0 Å². The molecule has 0 fully saturated rings. The Bertz CT molecular complexity index is 782. The van der Waals surface area contributed by atoms with Gasteiger partial charge in [-0.1, -0.05) is 66.0 Å². The maximum Gasteiger partial charge on any atom is 0.133 e. The van der Waals surface area contributed by atoms with E-state index in [9.17, 15) is 4.79 Å². The standard InChI is InChI=1S/C22H23NO/c1-4-18-11-7-6-10-14-20(22(18)23)21(16(2)15-17(3)24)19-12-8-5-9-13-19/h4-5,8-10,12-14,18H,1,6,15,23H2,2-3H3/b14-10-,21-16+,22-20-. The molecule has 0 spiro atoms. The minimum atomic E-state index is -0.186. The fourth-order valence-electron chi connectivity index (χ4n) is 2.86. The van der Waals surface area contributed by atoms with Gasteiger partial charge >= 0.3 is 0 Å². The van der Waals surface area contributed by atoms with Crippen LogP contribution in [0, 0.1) is 17.8 Å². The fraction of sp³-hybridized carbons (Fsp3) is 0.227. The third-order valence-corrected chi connectivity index (χ3v) is 3.92. The Labute approximate surface area is 144 Å². The largest absolute Gasteiger partial charge is 0.400 e. The number of allylic oxidation sites excluding steroid dienone is 6. The highest BCUT2D eigenvalue weighted by atomic mass is 16.1. The molecule has 1 atom stereocenters. The van der Waals surface area contributed by atoms with Crippen molar-refractivity contribution in [1.29, 1.82) is 0 Å². The van der Waals surface area contributed by atoms with Crippen molar-refractivity contribution in [3.63, 3.8) is 0 Å². The molecule has 122 valence electrons. The van der Waals surface area contributed by atoms with Crippen molar-refractivity contribution in [2.45, 2.75) is 26.7 Å². The number of Topliss-reactive ketones (excluding diaryl/α,β-unsaturated/α-hetero) is 1. The molecule has 0 amide bonds. The first kappa shape index (κ1) is 17.6. The topological polar surface area (TPSA) is 43.1 Å². The molecule has 1 aliphatic rings. The number of nitrogens with two attached hydrogens (primary N) is 1. The summed E-state index contributed by atoms with van der Waals surface area (Å²) in [5.41, 5.74) is 11.1. The lowest BCUT2D eigenvalue weighted by atomic mass is 9.86. The molecule has 0 aliphatic heterocycles. The minimum Gasteiger partial charge on any atom is -0.400 e. The van der Waals surface area contributed by atoms with Gasteiger partial charge in [-0.3, -0.25) is 4.79 Å². The van der Waals surface area contributed by atoms with Crippen LogP contribution in [-0.2, 0) is 4.79 Å². The van der Waals surface area contributed by atoms with Crippen molar-refractivity contribution in [2.75, 3.05) is 0 Å². The quantitative estimate of drug-likeness (QED) is 0.645. The Hall–Kier alpha value is -2.79. The summed E-state index contributed by atoms with van der Waals surface area (Å²) >= 11 is 0. The molecule has 2 rings (SSSR count). The van der Waals surface area contributed by atoms with Gasteiger partial charge in [0.1, 0.15) is 5.78 Å². The molecular formula is C22H23NO. The van der Waals surface area contributed by atoms with Crippen LogP contribution >= 0.6 is 0 Å². The Balaban J connectivity index is 2.71. The molecule has 0 bridgehead atoms. The van der Waals surface area contributed by atoms with E-state index in [4.69, 9.17) is 5.73 Å². The van der Waals surface area contributed by atoms with Crippen LogP contribution in [0.4, 0.5) is 0 Å². The van der Waals surface area contributed by atoms with E-state index in [0.717, 1.165) is 22.3 Å². The number of rotatable bonds is 5. The Morgan fingerprint density at radius 2 is 2.04 bits per heavy atom. The number of carbonyl (C=O) groups excluding carboxylic acids is 1. The number of ketones is 1. The summed E-state index contributed by atoms with van der Waals surface area (Å²) in [6, 6.07) is 10.0. The lowest BCUT2D eigenvalue weighted by Crippen LogP contribution is -2.13. The van der Waals surface area contributed by atoms with Gasteiger partial charge in [-0.15, -0.1) is 6.58 Å². The van der Waals surface area contributed by atoms with Gasteiger partial charge in [0.05, 0.1) is 5.92 Å². The lowest BCUT2D eigenvalue weighted by molar-refractivity contribution is -0.116. The van der Waals surface area contributed by atoms with Crippen molar-refractivity contribution in [1.82, 2.24) is 0 Å². The van der Waals surface area contributed by atoms with Crippen molar-refractivity contribution >= 4 is 11.4 Å². The number of benzene rings is 1. The van der Waals surface area contributed by atoms with Crippen LogP contribution in [0.5, 0.6) is 0 Å². The molecule has 24 heavy (non-hydrogen) atoms. The lowest BCUT2D eigenvalue weighted by Gasteiger charge is -2.19. The van der Waals surface area contributed by atoms with Crippen LogP contribution in [-0.4, -0.2) is 5.78 Å². The van der Waals surface area contributed by atoms with E-state index in [-0.39, 0.29) is 11.7 Å². The number of carbonyl (C=O) groups is 1. The molecule has 2 nitrogen and oxygen atoms in total. The van der Waals surface area contributed by atoms with Gasteiger partial charge in [-0.05, 0) is 25.0 Å². The van der Waals surface area contributed by atoms with Crippen molar-refractivity contribution in [3.8, 4) is 11.8 Å². The molecule has 0 saturated heterocycles. The third-order valence-electron chi connectivity index (χ3n) is 3.92. The van der Waals surface area contributed by atoms with Crippen molar-refractivity contribution < 1.29 is 4.79 Å². The van der Waals surface area contributed by atoms with Gasteiger partial charge in [0.25, 0.3) is 0 Å². The minimum absolute atomic E-state index is 0.134. The van der Waals surface area contributed by atoms with Crippen LogP contribution in [0.2, 0.25) is 0 Å². The third kappa shape index (κ3) is 4.14. The SMILES string of the molecule is C=CC1C#CC\C=C/C(C(=C(\C)CC(C)=O)/c2ccccc2)=C\1N. The highest BCUT2D eigenvalue weighted by Crippen LogP contribution is 2.32. The summed E-state index contributed by atoms with van der Waals surface area (Å²) in [6.07, 6.45) is 6.88. The second-order valence-electron chi connectivity index (χ2n) is 5.91. The van der Waals surface area contributed by atoms with Crippen LogP contribution in [0.1, 0.15) is 32.3 Å². The van der Waals surface area contributed by atoms with Gasteiger partial charge in [0, 0.05) is 24.1 Å². The summed E-state index contributed by atoms with van der Waals surface area (Å²) in [5, 5.41) is 0. The predicted octanol–water partition coefficient (Wildman–Crippen LogP) is 4.42. The predicted molar refractivity (Wildman–Crippen MR) is 101 cm³/mol. The van der Waals surface area contributed by atoms with Crippen molar-refractivity contribution in [3.05, 3.63) is 77.5 Å². The maximum atomic E-state index is 11.7. The summed E-state index contributed by atoms with van der Waals surface area (Å²) in [6.45, 7) is 7.45. The van der Waals surface area contributed by atoms with Crippen LogP contribution < -0.4 is 5.73 Å². The Morgan fingerprint density at radius 3 is 2.67 bits per heavy atom. The van der Waals surface area contributed by atoms with Gasteiger partial charge in [0.2, 0.25) is 0 Å². The molecule has 1 unspecified atom stereocenters. The van der Waals surface area contributed by atoms with Gasteiger partial charge in [-0.2, -0.15) is 0 Å². The molecule has 2 N–H and O–H groups in total. The maximum absolute atomic E-state index is 11.7. The van der Waals surface area contributed by atoms with E-state index in [2.05, 4.69) is 18.4 Å². The molecule has 1 aliphatic carbocycles. The molecule has 1 aromatic rings. The Morgan fingerprint density at radius 1 is 1.33 bits per heavy atom. The summed E-state index contributed by atoms with van der Waals surface area (Å²) in [7, 11) is 0. The summed E-state index contributed by atoms with van der Waals surface area (Å²) in [4.78, 5) is 11.7. The highest BCUT2D eigenvalue weighted by molar-refractivity contribution is 5.89. The van der Waals surface area contributed by atoms with E-state index in [1.807, 2.05) is 49.4 Å². The second kappa shape index (κ2) is 8.17. The van der Waals surface area contributed by atoms with Gasteiger partial charge in [0.15, 0.2) is 0 Å². The normalized spacial score (nSPS) is 22.3. The van der Waals surface area contributed by atoms with E-state index in [1.165, 1.54) is 0 Å². The van der Waals surface area contributed by atoms with E-state index >= 15 is 0 Å². The first-order valence-corrected chi connectivity index (χ1v) is 8.06. The monoisotopic (exact) mass is 317 g/mol. The zero-order valence-corrected chi connectivity index (χ0v) is 14.3. The van der Waals surface area contributed by atoms with E-state index in [1.54, 1.807) is 13.0 Å². The van der Waals surface area contributed by atoms with Crippen LogP contribution in [0.15, 0.2) is 72.0 Å². The first-order chi connectivity index (χ1) is 11.5. The molecule has 0 radical (unpaired) electrons. The zero-order valence-electron chi connectivity index (χ0n) is 14.3. The summed E-state index contributed by atoms with van der Waals surface area (Å²) < 4.78 is 0. The molecule has 2 heteroatoms. The zero-order chi connectivity index (χ0) is 17.5. The molecule has 0 aromatic heterocycles. The number of hydrogen-bond donors (Lipinski definition) is 1. The van der Waals surface area contributed by atoms with Crippen molar-refractivity contribution in [2.24, 2.45) is 11.7 Å². The average Bonchev–Trinajstić information content (AvgIpc) is 2.55. The Kier molecular flexibility index (Phi) is 5.98. The average molecular weight is 317 g/mol.